The molecule has 1 heterocycles. The second-order valence-corrected chi connectivity index (χ2v) is 3.90. The van der Waals surface area contributed by atoms with Gasteiger partial charge in [0, 0.05) is 11.7 Å². The normalized spacial score (nSPS) is 9.85. The third-order valence-corrected chi connectivity index (χ3v) is 1.94. The summed E-state index contributed by atoms with van der Waals surface area (Å²) in [6.07, 6.45) is 1.78. The van der Waals surface area contributed by atoms with E-state index >= 15 is 0 Å². The van der Waals surface area contributed by atoms with E-state index in [0.717, 1.165) is 10.2 Å². The first-order chi connectivity index (χ1) is 5.00. The molecule has 0 aliphatic carbocycles. The Morgan fingerprint density at radius 1 is 1.31 bits per heavy atom. The van der Waals surface area contributed by atoms with Crippen LogP contribution in [-0.2, 0) is 5.54 Å². The Labute approximate surface area is 108 Å². The number of rotatable bonds is 1. The Balaban J connectivity index is 0. The van der Waals surface area contributed by atoms with Crippen LogP contribution in [0.2, 0.25) is 0 Å². The van der Waals surface area contributed by atoms with Gasteiger partial charge in [-0.3, -0.25) is 0 Å². The predicted octanol–water partition coefficient (Wildman–Crippen LogP) is 3.19. The average molecular weight is 377 g/mol. The van der Waals surface area contributed by atoms with Crippen LogP contribution in [-0.4, -0.2) is 4.98 Å². The molecule has 13 heavy (non-hydrogen) atoms. The van der Waals surface area contributed by atoms with Gasteiger partial charge in [0.25, 0.3) is 0 Å². The molecule has 0 radical (unpaired) electrons. The third-order valence-electron chi connectivity index (χ3n) is 1.47. The molecule has 1 aromatic heterocycles. The largest absolute Gasteiger partial charge is 0.322 e. The van der Waals surface area contributed by atoms with E-state index in [1.54, 1.807) is 6.20 Å². The SMILES string of the molecule is Br.Br.CC(C)(N)c1ccc(Br)nc1. The van der Waals surface area contributed by atoms with Gasteiger partial charge >= 0.3 is 0 Å². The number of pyridine rings is 1. The Kier molecular flexibility index (Phi) is 7.52. The van der Waals surface area contributed by atoms with Gasteiger partial charge < -0.3 is 5.73 Å². The van der Waals surface area contributed by atoms with Crippen LogP contribution in [0, 0.1) is 0 Å². The molecular formula is C8H13Br3N2. The van der Waals surface area contributed by atoms with Gasteiger partial charge in [-0.1, -0.05) is 6.07 Å². The van der Waals surface area contributed by atoms with Crippen LogP contribution < -0.4 is 5.73 Å². The molecule has 0 aromatic carbocycles. The molecule has 0 aliphatic rings. The number of hydrogen-bond donors (Lipinski definition) is 1. The van der Waals surface area contributed by atoms with Gasteiger partial charge in [-0.15, -0.1) is 34.0 Å². The van der Waals surface area contributed by atoms with E-state index in [4.69, 9.17) is 5.73 Å². The lowest BCUT2D eigenvalue weighted by Gasteiger charge is -2.17. The first-order valence-corrected chi connectivity index (χ1v) is 4.20. The van der Waals surface area contributed by atoms with Crippen molar-refractivity contribution >= 4 is 49.9 Å². The maximum atomic E-state index is 5.85. The van der Waals surface area contributed by atoms with E-state index in [1.807, 2.05) is 26.0 Å². The van der Waals surface area contributed by atoms with E-state index in [0.29, 0.717) is 0 Å². The van der Waals surface area contributed by atoms with Crippen molar-refractivity contribution in [1.82, 2.24) is 4.98 Å². The summed E-state index contributed by atoms with van der Waals surface area (Å²) in [4.78, 5) is 4.08. The van der Waals surface area contributed by atoms with Crippen LogP contribution in [0.25, 0.3) is 0 Å². The minimum Gasteiger partial charge on any atom is -0.322 e. The Hall–Kier alpha value is 0.550. The minimum atomic E-state index is -0.298. The Morgan fingerprint density at radius 3 is 2.15 bits per heavy atom. The van der Waals surface area contributed by atoms with Crippen LogP contribution >= 0.6 is 49.9 Å². The maximum absolute atomic E-state index is 5.85. The molecule has 0 fully saturated rings. The van der Waals surface area contributed by atoms with Gasteiger partial charge in [-0.25, -0.2) is 4.98 Å². The van der Waals surface area contributed by atoms with Crippen LogP contribution in [0.3, 0.4) is 0 Å². The summed E-state index contributed by atoms with van der Waals surface area (Å²) in [7, 11) is 0. The summed E-state index contributed by atoms with van der Waals surface area (Å²) in [6.45, 7) is 3.91. The molecule has 0 saturated heterocycles. The standard InChI is InChI=1S/C8H11BrN2.2BrH/c1-8(2,10)6-3-4-7(9)11-5-6;;/h3-5H,10H2,1-2H3;2*1H. The van der Waals surface area contributed by atoms with E-state index in [-0.39, 0.29) is 39.5 Å². The average Bonchev–Trinajstić information content (AvgIpc) is 1.86. The summed E-state index contributed by atoms with van der Waals surface area (Å²) in [6, 6.07) is 3.86. The second kappa shape index (κ2) is 6.11. The number of nitrogens with two attached hydrogens (primary N) is 1. The van der Waals surface area contributed by atoms with Gasteiger partial charge in [0.2, 0.25) is 0 Å². The fraction of sp³-hybridized carbons (Fsp3) is 0.375. The lowest BCUT2D eigenvalue weighted by Crippen LogP contribution is -2.28. The molecular weight excluding hydrogens is 364 g/mol. The molecule has 0 aliphatic heterocycles. The van der Waals surface area contributed by atoms with Crippen LogP contribution in [0.15, 0.2) is 22.9 Å². The highest BCUT2D eigenvalue weighted by Gasteiger charge is 2.13. The smallest absolute Gasteiger partial charge is 0.106 e. The molecule has 0 atom stereocenters. The predicted molar refractivity (Wildman–Crippen MR) is 69.8 cm³/mol. The van der Waals surface area contributed by atoms with Crippen molar-refractivity contribution in [2.75, 3.05) is 0 Å². The summed E-state index contributed by atoms with van der Waals surface area (Å²) >= 11 is 3.26. The highest BCUT2D eigenvalue weighted by Crippen LogP contribution is 2.16. The fourth-order valence-electron chi connectivity index (χ4n) is 0.757. The summed E-state index contributed by atoms with van der Waals surface area (Å²) < 4.78 is 0.838. The molecule has 1 rings (SSSR count). The number of hydrogen-bond acceptors (Lipinski definition) is 2. The first-order valence-electron chi connectivity index (χ1n) is 3.41. The highest BCUT2D eigenvalue weighted by atomic mass is 79.9. The van der Waals surface area contributed by atoms with E-state index in [2.05, 4.69) is 20.9 Å². The van der Waals surface area contributed by atoms with Crippen LogP contribution in [0.4, 0.5) is 0 Å². The van der Waals surface area contributed by atoms with Crippen molar-refractivity contribution < 1.29 is 0 Å². The molecule has 0 spiro atoms. The zero-order chi connectivity index (χ0) is 8.48. The Morgan fingerprint density at radius 2 is 1.85 bits per heavy atom. The summed E-state index contributed by atoms with van der Waals surface area (Å²) in [5.74, 6) is 0. The zero-order valence-corrected chi connectivity index (χ0v) is 12.5. The number of aromatic nitrogens is 1. The zero-order valence-electron chi connectivity index (χ0n) is 7.45. The van der Waals surface area contributed by atoms with E-state index in [9.17, 15) is 0 Å². The van der Waals surface area contributed by atoms with Gasteiger partial charge in [-0.2, -0.15) is 0 Å². The van der Waals surface area contributed by atoms with Crippen molar-refractivity contribution in [1.29, 1.82) is 0 Å². The minimum absolute atomic E-state index is 0. The van der Waals surface area contributed by atoms with Crippen molar-refractivity contribution in [3.05, 3.63) is 28.5 Å². The molecule has 2 N–H and O–H groups in total. The van der Waals surface area contributed by atoms with Gasteiger partial charge in [0.15, 0.2) is 0 Å². The molecule has 0 bridgehead atoms. The van der Waals surface area contributed by atoms with Crippen molar-refractivity contribution in [3.63, 3.8) is 0 Å². The molecule has 76 valence electrons. The molecule has 1 aromatic rings. The van der Waals surface area contributed by atoms with Gasteiger partial charge in [0.05, 0.1) is 0 Å². The molecule has 0 amide bonds. The highest BCUT2D eigenvalue weighted by molar-refractivity contribution is 9.10. The first kappa shape index (κ1) is 16.0. The van der Waals surface area contributed by atoms with E-state index < -0.39 is 0 Å². The van der Waals surface area contributed by atoms with Crippen LogP contribution in [0.1, 0.15) is 19.4 Å². The lowest BCUT2D eigenvalue weighted by atomic mass is 9.98. The lowest BCUT2D eigenvalue weighted by molar-refractivity contribution is 0.552. The number of halogens is 3. The monoisotopic (exact) mass is 374 g/mol. The Bertz CT molecular complexity index is 241. The molecule has 5 heteroatoms. The second-order valence-electron chi connectivity index (χ2n) is 3.09. The quantitative estimate of drug-likeness (QED) is 0.764. The van der Waals surface area contributed by atoms with Gasteiger partial charge in [-0.05, 0) is 41.4 Å². The molecule has 0 unspecified atom stereocenters. The van der Waals surface area contributed by atoms with E-state index in [1.165, 1.54) is 0 Å². The third kappa shape index (κ3) is 5.10. The molecule has 2 nitrogen and oxygen atoms in total. The molecule has 0 saturated carbocycles. The fourth-order valence-corrected chi connectivity index (χ4v) is 0.992. The summed E-state index contributed by atoms with van der Waals surface area (Å²) in [5, 5.41) is 0. The van der Waals surface area contributed by atoms with Crippen molar-refractivity contribution in [2.24, 2.45) is 5.73 Å². The van der Waals surface area contributed by atoms with Crippen LogP contribution in [0.5, 0.6) is 0 Å². The maximum Gasteiger partial charge on any atom is 0.106 e. The van der Waals surface area contributed by atoms with Crippen molar-refractivity contribution in [3.8, 4) is 0 Å². The number of nitrogens with zero attached hydrogens (tertiary/aromatic N) is 1. The summed E-state index contributed by atoms with van der Waals surface area (Å²) in [5.41, 5.74) is 6.60. The van der Waals surface area contributed by atoms with Gasteiger partial charge in [0.1, 0.15) is 4.60 Å². The topological polar surface area (TPSA) is 38.9 Å². The van der Waals surface area contributed by atoms with Crippen molar-refractivity contribution in [2.45, 2.75) is 19.4 Å².